The fraction of sp³-hybridized carbons (Fsp3) is 0.0909. The van der Waals surface area contributed by atoms with Crippen LogP contribution in [0.5, 0.6) is 0 Å². The van der Waals surface area contributed by atoms with Gasteiger partial charge in [0.05, 0.1) is 23.7 Å². The Morgan fingerprint density at radius 1 is 1.57 bits per heavy atom. The van der Waals surface area contributed by atoms with E-state index in [2.05, 4.69) is 14.8 Å². The molecule has 0 saturated carbocycles. The van der Waals surface area contributed by atoms with Crippen LogP contribution in [0.3, 0.4) is 0 Å². The fourth-order valence-corrected chi connectivity index (χ4v) is 1.58. The summed E-state index contributed by atoms with van der Waals surface area (Å²) in [6, 6.07) is 3.14. The third kappa shape index (κ3) is 2.52. The molecule has 9 nitrogen and oxygen atoms in total. The van der Waals surface area contributed by atoms with Gasteiger partial charge in [-0.1, -0.05) is 0 Å². The number of carbonyl (C=O) groups excluding carboxylic acids is 1. The maximum atomic E-state index is 13.7. The van der Waals surface area contributed by atoms with Gasteiger partial charge in [0.25, 0.3) is 11.5 Å². The lowest BCUT2D eigenvalue weighted by Gasteiger charge is -2.06. The number of benzene rings is 1. The molecule has 0 fully saturated rings. The number of nitriles is 1. The Morgan fingerprint density at radius 3 is 2.81 bits per heavy atom. The summed E-state index contributed by atoms with van der Waals surface area (Å²) in [6.07, 6.45) is 1.04. The number of aromatic nitrogens is 3. The van der Waals surface area contributed by atoms with E-state index in [0.717, 1.165) is 24.2 Å². The zero-order valence-electron chi connectivity index (χ0n) is 10.5. The van der Waals surface area contributed by atoms with E-state index in [1.807, 2.05) is 0 Å². The zero-order chi connectivity index (χ0) is 15.6. The Morgan fingerprint density at radius 2 is 2.29 bits per heavy atom. The molecule has 0 spiro atoms. The predicted molar refractivity (Wildman–Crippen MR) is 64.0 cm³/mol. The monoisotopic (exact) mass is 291 g/mol. The van der Waals surface area contributed by atoms with Gasteiger partial charge in [0.1, 0.15) is 23.9 Å². The van der Waals surface area contributed by atoms with E-state index < -0.39 is 28.0 Å². The van der Waals surface area contributed by atoms with E-state index in [9.17, 15) is 19.3 Å². The van der Waals surface area contributed by atoms with E-state index in [0.29, 0.717) is 6.07 Å². The number of carbonyl (C=O) groups is 1. The molecule has 0 aliphatic carbocycles. The van der Waals surface area contributed by atoms with Gasteiger partial charge in [0, 0.05) is 0 Å². The van der Waals surface area contributed by atoms with Crippen LogP contribution >= 0.6 is 0 Å². The molecule has 0 atom stereocenters. The molecule has 0 aliphatic heterocycles. The molecule has 1 aromatic carbocycles. The molecule has 10 heteroatoms. The van der Waals surface area contributed by atoms with Crippen LogP contribution in [0.2, 0.25) is 0 Å². The van der Waals surface area contributed by atoms with Gasteiger partial charge >= 0.3 is 5.97 Å². The number of halogens is 1. The molecule has 106 valence electrons. The summed E-state index contributed by atoms with van der Waals surface area (Å²) >= 11 is 0. The number of nitro groups is 1. The molecule has 0 unspecified atom stereocenters. The van der Waals surface area contributed by atoms with Gasteiger partial charge in [0.15, 0.2) is 0 Å². The van der Waals surface area contributed by atoms with Gasteiger partial charge in [-0.2, -0.15) is 5.26 Å². The van der Waals surface area contributed by atoms with E-state index >= 15 is 0 Å². The number of hydrogen-bond donors (Lipinski definition) is 0. The summed E-state index contributed by atoms with van der Waals surface area (Å²) in [4.78, 5) is 25.1. The summed E-state index contributed by atoms with van der Waals surface area (Å²) < 4.78 is 19.0. The van der Waals surface area contributed by atoms with E-state index in [4.69, 9.17) is 5.26 Å². The largest absolute Gasteiger partial charge is 0.465 e. The van der Waals surface area contributed by atoms with Crippen LogP contribution < -0.4 is 0 Å². The number of nitrogens with zero attached hydrogens (tertiary/aromatic N) is 5. The van der Waals surface area contributed by atoms with Crippen molar-refractivity contribution in [2.45, 2.75) is 0 Å². The standard InChI is InChI=1S/C11H6FN5O4/c1-21-11(18)6-2-8(9(17(19)20)3-7(6)12)16-5-14-10(4-13)15-16/h2-3,5H,1H3. The van der Waals surface area contributed by atoms with Crippen molar-refractivity contribution in [1.29, 1.82) is 5.26 Å². The molecule has 2 aromatic rings. The van der Waals surface area contributed by atoms with Crippen LogP contribution in [0.15, 0.2) is 18.5 Å². The summed E-state index contributed by atoms with van der Waals surface area (Å²) in [5.41, 5.74) is -1.34. The number of nitro benzene ring substituents is 1. The van der Waals surface area contributed by atoms with Crippen LogP contribution in [0.1, 0.15) is 16.2 Å². The van der Waals surface area contributed by atoms with Crippen LogP contribution in [-0.4, -0.2) is 32.8 Å². The van der Waals surface area contributed by atoms with Crippen LogP contribution in [0.4, 0.5) is 10.1 Å². The summed E-state index contributed by atoms with van der Waals surface area (Å²) in [7, 11) is 1.05. The lowest BCUT2D eigenvalue weighted by atomic mass is 10.1. The van der Waals surface area contributed by atoms with Gasteiger partial charge in [-0.25, -0.2) is 18.9 Å². The summed E-state index contributed by atoms with van der Waals surface area (Å²) in [5.74, 6) is -2.32. The van der Waals surface area contributed by atoms with Crippen LogP contribution in [-0.2, 0) is 4.74 Å². The van der Waals surface area contributed by atoms with Crippen LogP contribution in [0.25, 0.3) is 5.69 Å². The van der Waals surface area contributed by atoms with Gasteiger partial charge in [-0.3, -0.25) is 10.1 Å². The van der Waals surface area contributed by atoms with E-state index in [1.54, 1.807) is 6.07 Å². The Labute approximate surface area is 116 Å². The maximum Gasteiger partial charge on any atom is 0.340 e. The second kappa shape index (κ2) is 5.33. The minimum Gasteiger partial charge on any atom is -0.465 e. The van der Waals surface area contributed by atoms with E-state index in [1.165, 1.54) is 0 Å². The maximum absolute atomic E-state index is 13.7. The van der Waals surface area contributed by atoms with Crippen LogP contribution in [0, 0.1) is 27.3 Å². The average molecular weight is 291 g/mol. The molecule has 21 heavy (non-hydrogen) atoms. The molecular weight excluding hydrogens is 285 g/mol. The minimum absolute atomic E-state index is 0.212. The van der Waals surface area contributed by atoms with Gasteiger partial charge < -0.3 is 4.74 Å². The Kier molecular flexibility index (Phi) is 3.57. The number of rotatable bonds is 3. The van der Waals surface area contributed by atoms with Crippen molar-refractivity contribution in [3.8, 4) is 11.8 Å². The van der Waals surface area contributed by atoms with Crippen molar-refractivity contribution in [2.24, 2.45) is 0 Å². The first-order valence-corrected chi connectivity index (χ1v) is 5.36. The molecule has 0 radical (unpaired) electrons. The molecule has 0 saturated heterocycles. The minimum atomic E-state index is -1.10. The zero-order valence-corrected chi connectivity index (χ0v) is 10.5. The third-order valence-corrected chi connectivity index (χ3v) is 2.50. The normalized spacial score (nSPS) is 9.95. The molecule has 1 heterocycles. The van der Waals surface area contributed by atoms with Crippen molar-refractivity contribution in [3.05, 3.63) is 45.8 Å². The van der Waals surface area contributed by atoms with Crippen molar-refractivity contribution >= 4 is 11.7 Å². The lowest BCUT2D eigenvalue weighted by molar-refractivity contribution is -0.384. The van der Waals surface area contributed by atoms with Gasteiger partial charge in [-0.05, 0) is 6.07 Å². The Balaban J connectivity index is 2.69. The molecule has 2 rings (SSSR count). The smallest absolute Gasteiger partial charge is 0.340 e. The summed E-state index contributed by atoms with van der Waals surface area (Å²) in [5, 5.41) is 23.3. The summed E-state index contributed by atoms with van der Waals surface area (Å²) in [6.45, 7) is 0. The first kappa shape index (κ1) is 14.1. The number of esters is 1. The van der Waals surface area contributed by atoms with E-state index in [-0.39, 0.29) is 11.5 Å². The highest BCUT2D eigenvalue weighted by molar-refractivity contribution is 5.91. The van der Waals surface area contributed by atoms with Gasteiger partial charge in [-0.15, -0.1) is 5.10 Å². The third-order valence-electron chi connectivity index (χ3n) is 2.50. The predicted octanol–water partition coefficient (Wildman–Crippen LogP) is 0.973. The molecule has 0 aliphatic rings. The highest BCUT2D eigenvalue weighted by Gasteiger charge is 2.24. The molecule has 0 N–H and O–H groups in total. The lowest BCUT2D eigenvalue weighted by Crippen LogP contribution is -2.09. The number of hydrogen-bond acceptors (Lipinski definition) is 7. The second-order valence-corrected chi connectivity index (χ2v) is 3.69. The quantitative estimate of drug-likeness (QED) is 0.468. The molecule has 0 bridgehead atoms. The number of ether oxygens (including phenoxy) is 1. The average Bonchev–Trinajstić information content (AvgIpc) is 2.94. The first-order valence-electron chi connectivity index (χ1n) is 5.36. The van der Waals surface area contributed by atoms with Crippen molar-refractivity contribution < 1.29 is 18.8 Å². The second-order valence-electron chi connectivity index (χ2n) is 3.69. The van der Waals surface area contributed by atoms with Crippen molar-refractivity contribution in [3.63, 3.8) is 0 Å². The topological polar surface area (TPSA) is 124 Å². The molecular formula is C11H6FN5O4. The first-order chi connectivity index (χ1) is 9.97. The highest BCUT2D eigenvalue weighted by Crippen LogP contribution is 2.26. The number of methoxy groups -OCH3 is 1. The Hall–Kier alpha value is -3.35. The van der Waals surface area contributed by atoms with Crippen molar-refractivity contribution in [2.75, 3.05) is 7.11 Å². The molecule has 0 amide bonds. The fourth-order valence-electron chi connectivity index (χ4n) is 1.58. The van der Waals surface area contributed by atoms with Crippen molar-refractivity contribution in [1.82, 2.24) is 14.8 Å². The SMILES string of the molecule is COC(=O)c1cc(-n2cnc(C#N)n2)c([N+](=O)[O-])cc1F. The van der Waals surface area contributed by atoms with Gasteiger partial charge in [0.2, 0.25) is 0 Å². The Bertz CT molecular complexity index is 779. The molecule has 1 aromatic heterocycles. The highest BCUT2D eigenvalue weighted by atomic mass is 19.1.